The number of alkyl halides is 2. The molecule has 0 amide bonds. The largest absolute Gasteiger partial charge is 0.497 e. The zero-order valence-electron chi connectivity index (χ0n) is 7.14. The topological polar surface area (TPSA) is 22.1 Å². The van der Waals surface area contributed by atoms with Gasteiger partial charge in [-0.1, -0.05) is 0 Å². The van der Waals surface area contributed by atoms with Crippen molar-refractivity contribution in [1.29, 1.82) is 0 Å². The molecule has 0 saturated carbocycles. The molecule has 72 valence electrons. The lowest BCUT2D eigenvalue weighted by molar-refractivity contribution is 0.0124. The highest BCUT2D eigenvalue weighted by atomic mass is 79.9. The van der Waals surface area contributed by atoms with Gasteiger partial charge in [0.25, 0.3) is 5.92 Å². The lowest BCUT2D eigenvalue weighted by Crippen LogP contribution is -2.10. The molecule has 1 aromatic rings. The Labute approximate surface area is 83.1 Å². The Kier molecular flexibility index (Phi) is 2.85. The first-order valence-corrected chi connectivity index (χ1v) is 4.32. The monoisotopic (exact) mass is 251 g/mol. The lowest BCUT2D eigenvalue weighted by Gasteiger charge is -2.10. The van der Waals surface area contributed by atoms with Gasteiger partial charge in [0, 0.05) is 19.1 Å². The first-order chi connectivity index (χ1) is 5.93. The summed E-state index contributed by atoms with van der Waals surface area (Å²) in [5.74, 6) is -2.59. The molecule has 0 spiro atoms. The van der Waals surface area contributed by atoms with Gasteiger partial charge in [0.2, 0.25) is 0 Å². The molecule has 0 aliphatic rings. The van der Waals surface area contributed by atoms with E-state index < -0.39 is 5.92 Å². The molecule has 0 bridgehead atoms. The summed E-state index contributed by atoms with van der Waals surface area (Å²) in [5, 5.41) is 0. The molecule has 1 heterocycles. The van der Waals surface area contributed by atoms with Gasteiger partial charge in [0.05, 0.1) is 7.11 Å². The average molecular weight is 252 g/mol. The van der Waals surface area contributed by atoms with Gasteiger partial charge in [0.15, 0.2) is 0 Å². The summed E-state index contributed by atoms with van der Waals surface area (Å²) in [6.07, 6.45) is 0. The first-order valence-electron chi connectivity index (χ1n) is 3.53. The molecular formula is C8H8BrF2NO. The third-order valence-electron chi connectivity index (χ3n) is 1.45. The number of hydrogen-bond acceptors (Lipinski definition) is 2. The van der Waals surface area contributed by atoms with Gasteiger partial charge >= 0.3 is 0 Å². The zero-order valence-corrected chi connectivity index (χ0v) is 8.73. The van der Waals surface area contributed by atoms with Gasteiger partial charge < -0.3 is 4.74 Å². The molecule has 1 aromatic heterocycles. The zero-order chi connectivity index (χ0) is 10.1. The second-order valence-corrected chi connectivity index (χ2v) is 3.42. The van der Waals surface area contributed by atoms with Crippen molar-refractivity contribution in [3.05, 3.63) is 22.4 Å². The molecular weight excluding hydrogens is 244 g/mol. The van der Waals surface area contributed by atoms with Crippen molar-refractivity contribution >= 4 is 15.9 Å². The Morgan fingerprint density at radius 2 is 2.08 bits per heavy atom. The Morgan fingerprint density at radius 1 is 1.46 bits per heavy atom. The molecule has 1 rings (SSSR count). The van der Waals surface area contributed by atoms with Gasteiger partial charge in [-0.3, -0.25) is 0 Å². The van der Waals surface area contributed by atoms with Crippen molar-refractivity contribution in [3.63, 3.8) is 0 Å². The summed E-state index contributed by atoms with van der Waals surface area (Å²) in [5.41, 5.74) is -0.307. The van der Waals surface area contributed by atoms with Crippen molar-refractivity contribution in [3.8, 4) is 5.75 Å². The number of halogens is 3. The maximum absolute atomic E-state index is 12.8. The third kappa shape index (κ3) is 2.62. The normalized spacial score (nSPS) is 11.5. The number of nitrogens with zero attached hydrogens (tertiary/aromatic N) is 1. The number of hydrogen-bond donors (Lipinski definition) is 0. The fourth-order valence-electron chi connectivity index (χ4n) is 0.816. The van der Waals surface area contributed by atoms with Crippen molar-refractivity contribution in [2.45, 2.75) is 12.8 Å². The van der Waals surface area contributed by atoms with Crippen LogP contribution in [0.3, 0.4) is 0 Å². The Hall–Kier alpha value is -0.710. The van der Waals surface area contributed by atoms with Gasteiger partial charge in [-0.2, -0.15) is 8.78 Å². The van der Waals surface area contributed by atoms with Crippen LogP contribution >= 0.6 is 15.9 Å². The smallest absolute Gasteiger partial charge is 0.287 e. The highest BCUT2D eigenvalue weighted by Crippen LogP contribution is 2.29. The fourth-order valence-corrected chi connectivity index (χ4v) is 1.23. The summed E-state index contributed by atoms with van der Waals surface area (Å²) in [4.78, 5) is 3.64. The molecule has 5 heteroatoms. The second kappa shape index (κ2) is 3.57. The van der Waals surface area contributed by atoms with E-state index in [-0.39, 0.29) is 5.69 Å². The van der Waals surface area contributed by atoms with Crippen molar-refractivity contribution in [2.75, 3.05) is 7.11 Å². The summed E-state index contributed by atoms with van der Waals surface area (Å²) in [7, 11) is 1.42. The standard InChI is InChI=1S/C8H8BrF2NO/c1-8(10,11)6-3-5(13-2)4-7(9)12-6/h3-4H,1-2H3. The van der Waals surface area contributed by atoms with Crippen LogP contribution in [0.5, 0.6) is 5.75 Å². The van der Waals surface area contributed by atoms with Crippen LogP contribution in [0.1, 0.15) is 12.6 Å². The Balaban J connectivity index is 3.16. The molecule has 0 fully saturated rings. The second-order valence-electron chi connectivity index (χ2n) is 2.60. The number of rotatable bonds is 2. The van der Waals surface area contributed by atoms with Crippen LogP contribution in [0, 0.1) is 0 Å². The van der Waals surface area contributed by atoms with Crippen LogP contribution in [0.25, 0.3) is 0 Å². The summed E-state index contributed by atoms with van der Waals surface area (Å²) in [6, 6.07) is 2.74. The minimum absolute atomic E-state index is 0.307. The van der Waals surface area contributed by atoms with E-state index in [9.17, 15) is 8.78 Å². The molecule has 0 aliphatic carbocycles. The van der Waals surface area contributed by atoms with Gasteiger partial charge in [-0.25, -0.2) is 4.98 Å². The quantitative estimate of drug-likeness (QED) is 0.755. The van der Waals surface area contributed by atoms with Gasteiger partial charge in [0.1, 0.15) is 16.0 Å². The van der Waals surface area contributed by atoms with E-state index in [2.05, 4.69) is 20.9 Å². The molecule has 13 heavy (non-hydrogen) atoms. The maximum atomic E-state index is 12.8. The van der Waals surface area contributed by atoms with E-state index in [1.807, 2.05) is 0 Å². The molecule has 2 nitrogen and oxygen atoms in total. The predicted molar refractivity (Wildman–Crippen MR) is 48.1 cm³/mol. The molecule has 0 N–H and O–H groups in total. The van der Waals surface area contributed by atoms with E-state index in [1.54, 1.807) is 0 Å². The Bertz CT molecular complexity index is 312. The number of ether oxygens (including phenoxy) is 1. The minimum Gasteiger partial charge on any atom is -0.497 e. The molecule has 0 aliphatic heterocycles. The fraction of sp³-hybridized carbons (Fsp3) is 0.375. The number of aromatic nitrogens is 1. The number of pyridine rings is 1. The SMILES string of the molecule is COc1cc(Br)nc(C(C)(F)F)c1. The van der Waals surface area contributed by atoms with E-state index in [0.717, 1.165) is 6.92 Å². The molecule has 0 saturated heterocycles. The minimum atomic E-state index is -2.95. The highest BCUT2D eigenvalue weighted by molar-refractivity contribution is 9.10. The van der Waals surface area contributed by atoms with Gasteiger partial charge in [-0.15, -0.1) is 0 Å². The van der Waals surface area contributed by atoms with Gasteiger partial charge in [-0.05, 0) is 15.9 Å². The highest BCUT2D eigenvalue weighted by Gasteiger charge is 2.27. The van der Waals surface area contributed by atoms with Crippen molar-refractivity contribution < 1.29 is 13.5 Å². The van der Waals surface area contributed by atoms with E-state index in [4.69, 9.17) is 4.74 Å². The van der Waals surface area contributed by atoms with E-state index >= 15 is 0 Å². The molecule has 0 unspecified atom stereocenters. The van der Waals surface area contributed by atoms with Crippen LogP contribution < -0.4 is 4.74 Å². The molecule has 0 aromatic carbocycles. The van der Waals surface area contributed by atoms with Crippen LogP contribution in [0.2, 0.25) is 0 Å². The van der Waals surface area contributed by atoms with Crippen molar-refractivity contribution in [2.24, 2.45) is 0 Å². The Morgan fingerprint density at radius 3 is 2.54 bits per heavy atom. The molecule has 0 radical (unpaired) electrons. The third-order valence-corrected chi connectivity index (χ3v) is 1.86. The summed E-state index contributed by atoms with van der Waals surface area (Å²) < 4.78 is 30.8. The average Bonchev–Trinajstić information content (AvgIpc) is 2.01. The van der Waals surface area contributed by atoms with Crippen LogP contribution in [0.15, 0.2) is 16.7 Å². The van der Waals surface area contributed by atoms with Crippen LogP contribution in [-0.2, 0) is 5.92 Å². The summed E-state index contributed by atoms with van der Waals surface area (Å²) in [6.45, 7) is 0.793. The number of methoxy groups -OCH3 is 1. The molecule has 0 atom stereocenters. The lowest BCUT2D eigenvalue weighted by atomic mass is 10.2. The first kappa shape index (κ1) is 10.4. The van der Waals surface area contributed by atoms with Crippen LogP contribution in [0.4, 0.5) is 8.78 Å². The maximum Gasteiger partial charge on any atom is 0.287 e. The predicted octanol–water partition coefficient (Wildman–Crippen LogP) is 2.96. The van der Waals surface area contributed by atoms with Crippen molar-refractivity contribution in [1.82, 2.24) is 4.98 Å². The van der Waals surface area contributed by atoms with Crippen LogP contribution in [-0.4, -0.2) is 12.1 Å². The van der Waals surface area contributed by atoms with E-state index in [0.29, 0.717) is 10.4 Å². The summed E-state index contributed by atoms with van der Waals surface area (Å²) >= 11 is 3.02. The van der Waals surface area contributed by atoms with E-state index in [1.165, 1.54) is 19.2 Å².